The summed E-state index contributed by atoms with van der Waals surface area (Å²) in [5, 5.41) is 12.4. The first-order valence-corrected chi connectivity index (χ1v) is 7.75. The van der Waals surface area contributed by atoms with Crippen molar-refractivity contribution in [3.63, 3.8) is 0 Å². The molecule has 0 radical (unpaired) electrons. The van der Waals surface area contributed by atoms with Crippen molar-refractivity contribution in [3.05, 3.63) is 65.5 Å². The van der Waals surface area contributed by atoms with E-state index in [0.29, 0.717) is 30.8 Å². The molecule has 2 aromatic carbocycles. The van der Waals surface area contributed by atoms with Crippen molar-refractivity contribution in [2.75, 3.05) is 0 Å². The Balaban J connectivity index is 1.55. The van der Waals surface area contributed by atoms with Crippen LogP contribution >= 0.6 is 0 Å². The van der Waals surface area contributed by atoms with Crippen LogP contribution in [0.25, 0.3) is 11.4 Å². The Hall–Kier alpha value is -2.89. The molecule has 3 rings (SSSR count). The minimum absolute atomic E-state index is 0.0196. The molecule has 1 heterocycles. The van der Waals surface area contributed by atoms with Gasteiger partial charge in [-0.3, -0.25) is 4.79 Å². The highest BCUT2D eigenvalue weighted by Crippen LogP contribution is 2.14. The van der Waals surface area contributed by atoms with Crippen LogP contribution in [0.1, 0.15) is 28.8 Å². The molecule has 0 aliphatic heterocycles. The highest BCUT2D eigenvalue weighted by molar-refractivity contribution is 5.95. The Morgan fingerprint density at radius 1 is 1.08 bits per heavy atom. The summed E-state index contributed by atoms with van der Waals surface area (Å²) < 4.78 is 12.8. The number of Topliss-reactive ketones (excluding diaryl/α,β-unsaturated/α-hetero) is 1. The van der Waals surface area contributed by atoms with Gasteiger partial charge in [0.05, 0.1) is 6.54 Å². The predicted molar refractivity (Wildman–Crippen MR) is 88.0 cm³/mol. The van der Waals surface area contributed by atoms with Crippen molar-refractivity contribution in [1.82, 2.24) is 20.2 Å². The summed E-state index contributed by atoms with van der Waals surface area (Å²) in [6.07, 6.45) is 0.951. The molecule has 0 aliphatic rings. The number of halogens is 1. The molecule has 122 valence electrons. The summed E-state index contributed by atoms with van der Waals surface area (Å²) in [6.45, 7) is 2.53. The Morgan fingerprint density at radius 2 is 1.79 bits per heavy atom. The fraction of sp³-hybridized carbons (Fsp3) is 0.222. The molecule has 1 aromatic heterocycles. The lowest BCUT2D eigenvalue weighted by Gasteiger charge is -2.01. The number of rotatable bonds is 6. The number of carbonyl (C=O) groups is 1. The van der Waals surface area contributed by atoms with Gasteiger partial charge < -0.3 is 0 Å². The number of nitrogens with zero attached hydrogens (tertiary/aromatic N) is 4. The monoisotopic (exact) mass is 324 g/mol. The molecule has 6 heteroatoms. The summed E-state index contributed by atoms with van der Waals surface area (Å²) in [5.74, 6) is 0.204. The number of hydrogen-bond acceptors (Lipinski definition) is 4. The second kappa shape index (κ2) is 7.12. The highest BCUT2D eigenvalue weighted by atomic mass is 19.1. The van der Waals surface area contributed by atoms with Crippen LogP contribution in [0.5, 0.6) is 0 Å². The standard InChI is InChI=1S/C18H17FN4O/c1-13-4-6-15(7-5-13)18-20-22-23(21-18)12-2-3-17(24)14-8-10-16(19)11-9-14/h4-11H,2-3,12H2,1H3. The first-order valence-electron chi connectivity index (χ1n) is 7.75. The molecule has 0 aliphatic carbocycles. The molecular weight excluding hydrogens is 307 g/mol. The topological polar surface area (TPSA) is 60.7 Å². The lowest BCUT2D eigenvalue weighted by atomic mass is 10.1. The number of aryl methyl sites for hydroxylation is 2. The van der Waals surface area contributed by atoms with Gasteiger partial charge in [-0.2, -0.15) is 4.80 Å². The fourth-order valence-corrected chi connectivity index (χ4v) is 2.32. The van der Waals surface area contributed by atoms with Crippen molar-refractivity contribution in [3.8, 4) is 11.4 Å². The van der Waals surface area contributed by atoms with E-state index in [4.69, 9.17) is 0 Å². The molecule has 0 saturated carbocycles. The zero-order valence-corrected chi connectivity index (χ0v) is 13.3. The van der Waals surface area contributed by atoms with Gasteiger partial charge in [-0.05, 0) is 42.8 Å². The van der Waals surface area contributed by atoms with Crippen LogP contribution in [0.15, 0.2) is 48.5 Å². The van der Waals surface area contributed by atoms with Gasteiger partial charge in [-0.25, -0.2) is 4.39 Å². The summed E-state index contributed by atoms with van der Waals surface area (Å²) in [5.41, 5.74) is 2.60. The highest BCUT2D eigenvalue weighted by Gasteiger charge is 2.08. The van der Waals surface area contributed by atoms with Crippen LogP contribution in [-0.2, 0) is 6.54 Å². The van der Waals surface area contributed by atoms with Gasteiger partial charge in [0.25, 0.3) is 0 Å². The zero-order valence-electron chi connectivity index (χ0n) is 13.3. The Morgan fingerprint density at radius 3 is 2.50 bits per heavy atom. The number of benzene rings is 2. The third-order valence-electron chi connectivity index (χ3n) is 3.69. The van der Waals surface area contributed by atoms with E-state index in [1.54, 1.807) is 0 Å². The van der Waals surface area contributed by atoms with E-state index in [1.807, 2.05) is 31.2 Å². The van der Waals surface area contributed by atoms with Crippen molar-refractivity contribution >= 4 is 5.78 Å². The fourth-order valence-electron chi connectivity index (χ4n) is 2.32. The van der Waals surface area contributed by atoms with E-state index in [9.17, 15) is 9.18 Å². The summed E-state index contributed by atoms with van der Waals surface area (Å²) >= 11 is 0. The number of hydrogen-bond donors (Lipinski definition) is 0. The summed E-state index contributed by atoms with van der Waals surface area (Å²) in [4.78, 5) is 13.5. The molecule has 0 amide bonds. The number of aromatic nitrogens is 4. The lowest BCUT2D eigenvalue weighted by molar-refractivity contribution is 0.0977. The smallest absolute Gasteiger partial charge is 0.204 e. The molecule has 0 bridgehead atoms. The van der Waals surface area contributed by atoms with Gasteiger partial charge in [-0.1, -0.05) is 29.8 Å². The normalized spacial score (nSPS) is 10.8. The molecule has 0 unspecified atom stereocenters. The number of tetrazole rings is 1. The van der Waals surface area contributed by atoms with Crippen LogP contribution in [0.3, 0.4) is 0 Å². The third-order valence-corrected chi connectivity index (χ3v) is 3.69. The van der Waals surface area contributed by atoms with Gasteiger partial charge in [0.1, 0.15) is 5.82 Å². The minimum Gasteiger partial charge on any atom is -0.294 e. The largest absolute Gasteiger partial charge is 0.294 e. The van der Waals surface area contributed by atoms with Gasteiger partial charge in [0, 0.05) is 17.5 Å². The predicted octanol–water partition coefficient (Wildman–Crippen LogP) is 3.45. The third kappa shape index (κ3) is 3.90. The number of ketones is 1. The van der Waals surface area contributed by atoms with E-state index in [0.717, 1.165) is 5.56 Å². The van der Waals surface area contributed by atoms with Gasteiger partial charge in [0.2, 0.25) is 5.82 Å². The van der Waals surface area contributed by atoms with E-state index < -0.39 is 0 Å². The molecule has 0 fully saturated rings. The van der Waals surface area contributed by atoms with Gasteiger partial charge in [0.15, 0.2) is 5.78 Å². The Kier molecular flexibility index (Phi) is 4.74. The van der Waals surface area contributed by atoms with Gasteiger partial charge >= 0.3 is 0 Å². The van der Waals surface area contributed by atoms with Crippen LogP contribution in [0.2, 0.25) is 0 Å². The average Bonchev–Trinajstić information content (AvgIpc) is 3.05. The molecule has 5 nitrogen and oxygen atoms in total. The summed E-state index contributed by atoms with van der Waals surface area (Å²) in [6, 6.07) is 13.5. The number of carbonyl (C=O) groups excluding carboxylic acids is 1. The quantitative estimate of drug-likeness (QED) is 0.652. The molecule has 24 heavy (non-hydrogen) atoms. The van der Waals surface area contributed by atoms with Crippen molar-refractivity contribution < 1.29 is 9.18 Å². The van der Waals surface area contributed by atoms with E-state index in [-0.39, 0.29) is 11.6 Å². The lowest BCUT2D eigenvalue weighted by Crippen LogP contribution is -2.06. The maximum atomic E-state index is 12.8. The van der Waals surface area contributed by atoms with Gasteiger partial charge in [-0.15, -0.1) is 10.2 Å². The van der Waals surface area contributed by atoms with E-state index in [2.05, 4.69) is 15.4 Å². The molecular formula is C18H17FN4O. The van der Waals surface area contributed by atoms with Crippen molar-refractivity contribution in [2.45, 2.75) is 26.3 Å². The first-order chi connectivity index (χ1) is 11.6. The van der Waals surface area contributed by atoms with Crippen LogP contribution < -0.4 is 0 Å². The Bertz CT molecular complexity index is 825. The van der Waals surface area contributed by atoms with Crippen LogP contribution in [-0.4, -0.2) is 26.0 Å². The first kappa shape index (κ1) is 16.0. The molecule has 3 aromatic rings. The second-order valence-electron chi connectivity index (χ2n) is 5.61. The van der Waals surface area contributed by atoms with E-state index in [1.165, 1.54) is 34.6 Å². The van der Waals surface area contributed by atoms with Crippen molar-refractivity contribution in [2.24, 2.45) is 0 Å². The SMILES string of the molecule is Cc1ccc(-c2nnn(CCCC(=O)c3ccc(F)cc3)n2)cc1. The maximum Gasteiger partial charge on any atom is 0.204 e. The average molecular weight is 324 g/mol. The molecule has 0 atom stereocenters. The minimum atomic E-state index is -0.345. The molecule has 0 saturated heterocycles. The van der Waals surface area contributed by atoms with Crippen molar-refractivity contribution in [1.29, 1.82) is 0 Å². The second-order valence-corrected chi connectivity index (χ2v) is 5.61. The van der Waals surface area contributed by atoms with E-state index >= 15 is 0 Å². The van der Waals surface area contributed by atoms with Crippen LogP contribution in [0.4, 0.5) is 4.39 Å². The molecule has 0 spiro atoms. The Labute approximate surface area is 139 Å². The summed E-state index contributed by atoms with van der Waals surface area (Å²) in [7, 11) is 0. The van der Waals surface area contributed by atoms with Crippen LogP contribution in [0, 0.1) is 12.7 Å². The maximum absolute atomic E-state index is 12.8. The zero-order chi connectivity index (χ0) is 16.9. The molecule has 0 N–H and O–H groups in total.